The van der Waals surface area contributed by atoms with Crippen molar-refractivity contribution in [3.05, 3.63) is 0 Å². The van der Waals surface area contributed by atoms with Gasteiger partial charge in [-0.05, 0) is 18.8 Å². The third-order valence-corrected chi connectivity index (χ3v) is 2.79. The van der Waals surface area contributed by atoms with Crippen LogP contribution in [0.15, 0.2) is 0 Å². The largest absolute Gasteiger partial charge is 0.306 e. The van der Waals surface area contributed by atoms with E-state index < -0.39 is 12.0 Å². The zero-order valence-corrected chi connectivity index (χ0v) is 6.61. The highest BCUT2D eigenvalue weighted by Gasteiger charge is 2.51. The van der Waals surface area contributed by atoms with Gasteiger partial charge in [-0.3, -0.25) is 0 Å². The Bertz CT molecular complexity index is 169. The summed E-state index contributed by atoms with van der Waals surface area (Å²) in [4.78, 5) is 0. The van der Waals surface area contributed by atoms with Gasteiger partial charge in [-0.15, -0.1) is 0 Å². The van der Waals surface area contributed by atoms with Crippen LogP contribution in [0.1, 0.15) is 26.2 Å². The van der Waals surface area contributed by atoms with Crippen molar-refractivity contribution in [3.8, 4) is 0 Å². The summed E-state index contributed by atoms with van der Waals surface area (Å²) >= 11 is 0. The van der Waals surface area contributed by atoms with E-state index in [-0.39, 0.29) is 12.5 Å². The minimum Gasteiger partial charge on any atom is -0.306 e. The van der Waals surface area contributed by atoms with E-state index in [1.165, 1.54) is 0 Å². The van der Waals surface area contributed by atoms with E-state index in [9.17, 15) is 8.78 Å². The fourth-order valence-electron chi connectivity index (χ4n) is 2.31. The van der Waals surface area contributed by atoms with Crippen molar-refractivity contribution in [1.29, 1.82) is 0 Å². The lowest BCUT2D eigenvalue weighted by Gasteiger charge is -2.26. The van der Waals surface area contributed by atoms with Gasteiger partial charge >= 0.3 is 0 Å². The zero-order valence-electron chi connectivity index (χ0n) is 6.61. The monoisotopic (exact) mass is 161 g/mol. The fraction of sp³-hybridized carbons (Fsp3) is 1.00. The number of hydrogen-bond acceptors (Lipinski definition) is 1. The molecule has 2 bridgehead atoms. The van der Waals surface area contributed by atoms with Crippen LogP contribution < -0.4 is 5.32 Å². The van der Waals surface area contributed by atoms with Gasteiger partial charge in [0.15, 0.2) is 0 Å². The van der Waals surface area contributed by atoms with Crippen LogP contribution in [0.25, 0.3) is 0 Å². The van der Waals surface area contributed by atoms with Gasteiger partial charge in [0, 0.05) is 12.5 Å². The summed E-state index contributed by atoms with van der Waals surface area (Å²) in [7, 11) is 0. The van der Waals surface area contributed by atoms with Crippen molar-refractivity contribution in [2.24, 2.45) is 5.92 Å². The van der Waals surface area contributed by atoms with Crippen molar-refractivity contribution in [1.82, 2.24) is 5.32 Å². The first-order valence-electron chi connectivity index (χ1n) is 4.22. The smallest absolute Gasteiger partial charge is 0.264 e. The van der Waals surface area contributed by atoms with Gasteiger partial charge in [-0.1, -0.05) is 6.92 Å². The molecular formula is C8H13F2N. The minimum atomic E-state index is -2.44. The van der Waals surface area contributed by atoms with Crippen LogP contribution in [0.5, 0.6) is 0 Å². The van der Waals surface area contributed by atoms with E-state index in [1.54, 1.807) is 0 Å². The molecule has 64 valence electrons. The van der Waals surface area contributed by atoms with Crippen molar-refractivity contribution < 1.29 is 8.78 Å². The first-order chi connectivity index (χ1) is 5.08. The second-order valence-corrected chi connectivity index (χ2v) is 3.96. The number of rotatable bonds is 0. The maximum absolute atomic E-state index is 13.0. The maximum Gasteiger partial charge on any atom is 0.264 e. The molecule has 3 atom stereocenters. The van der Waals surface area contributed by atoms with Crippen LogP contribution in [0.4, 0.5) is 8.78 Å². The molecular weight excluding hydrogens is 148 g/mol. The molecule has 2 rings (SSSR count). The molecule has 2 heterocycles. The van der Waals surface area contributed by atoms with Gasteiger partial charge in [0.1, 0.15) is 0 Å². The topological polar surface area (TPSA) is 12.0 Å². The Morgan fingerprint density at radius 1 is 1.36 bits per heavy atom. The number of hydrogen-bond donors (Lipinski definition) is 1. The average Bonchev–Trinajstić information content (AvgIpc) is 2.02. The molecule has 0 aromatic heterocycles. The Labute approximate surface area is 65.2 Å². The Hall–Kier alpha value is -0.180. The summed E-state index contributed by atoms with van der Waals surface area (Å²) in [6.07, 6.45) is 1.62. The summed E-state index contributed by atoms with van der Waals surface area (Å²) in [5.74, 6) is -1.96. The fourth-order valence-corrected chi connectivity index (χ4v) is 2.31. The molecule has 11 heavy (non-hydrogen) atoms. The Morgan fingerprint density at radius 3 is 2.73 bits per heavy atom. The molecule has 2 aliphatic rings. The highest BCUT2D eigenvalue weighted by atomic mass is 19.3. The quantitative estimate of drug-likeness (QED) is 0.571. The molecule has 3 unspecified atom stereocenters. The molecule has 1 N–H and O–H groups in total. The van der Waals surface area contributed by atoms with Crippen LogP contribution in [-0.2, 0) is 0 Å². The summed E-state index contributed by atoms with van der Waals surface area (Å²) < 4.78 is 26.0. The molecule has 2 fully saturated rings. The molecule has 2 aliphatic heterocycles. The summed E-state index contributed by atoms with van der Waals surface area (Å²) in [6.45, 7) is 2.06. The summed E-state index contributed by atoms with van der Waals surface area (Å²) in [5, 5.41) is 2.96. The van der Waals surface area contributed by atoms with Crippen molar-refractivity contribution in [3.63, 3.8) is 0 Å². The van der Waals surface area contributed by atoms with E-state index in [0.29, 0.717) is 12.3 Å². The number of piperidine rings is 1. The Balaban J connectivity index is 2.14. The van der Waals surface area contributed by atoms with Crippen molar-refractivity contribution in [2.45, 2.75) is 44.2 Å². The summed E-state index contributed by atoms with van der Waals surface area (Å²) in [6, 6.07) is -0.449. The SMILES string of the molecule is CC1CC2CC(F)(F)C(C1)N2. The van der Waals surface area contributed by atoms with E-state index in [2.05, 4.69) is 12.2 Å². The van der Waals surface area contributed by atoms with E-state index in [1.807, 2.05) is 0 Å². The molecule has 1 nitrogen and oxygen atoms in total. The predicted molar refractivity (Wildman–Crippen MR) is 38.7 cm³/mol. The Morgan fingerprint density at radius 2 is 2.09 bits per heavy atom. The molecule has 0 saturated carbocycles. The van der Waals surface area contributed by atoms with E-state index >= 15 is 0 Å². The van der Waals surface area contributed by atoms with Crippen molar-refractivity contribution >= 4 is 0 Å². The van der Waals surface area contributed by atoms with Crippen LogP contribution in [0.2, 0.25) is 0 Å². The van der Waals surface area contributed by atoms with Crippen LogP contribution >= 0.6 is 0 Å². The second kappa shape index (κ2) is 2.16. The lowest BCUT2D eigenvalue weighted by molar-refractivity contribution is -0.0143. The standard InChI is InChI=1S/C8H13F2N/c1-5-2-6-4-8(9,10)7(3-5)11-6/h5-7,11H,2-4H2,1H3. The van der Waals surface area contributed by atoms with E-state index in [4.69, 9.17) is 0 Å². The lowest BCUT2D eigenvalue weighted by Crippen LogP contribution is -2.42. The van der Waals surface area contributed by atoms with Gasteiger partial charge < -0.3 is 5.32 Å². The molecule has 0 radical (unpaired) electrons. The highest BCUT2D eigenvalue weighted by molar-refractivity contribution is 5.01. The minimum absolute atomic E-state index is 0.0575. The van der Waals surface area contributed by atoms with Gasteiger partial charge in [0.25, 0.3) is 5.92 Å². The third-order valence-electron chi connectivity index (χ3n) is 2.79. The summed E-state index contributed by atoms with van der Waals surface area (Å²) in [5.41, 5.74) is 0. The molecule has 0 aliphatic carbocycles. The first kappa shape index (κ1) is 7.47. The zero-order chi connectivity index (χ0) is 8.06. The molecule has 2 saturated heterocycles. The normalized spacial score (nSPS) is 47.7. The van der Waals surface area contributed by atoms with Gasteiger partial charge in [-0.25, -0.2) is 8.78 Å². The molecule has 0 aromatic carbocycles. The average molecular weight is 161 g/mol. The van der Waals surface area contributed by atoms with Crippen LogP contribution in [0.3, 0.4) is 0 Å². The second-order valence-electron chi connectivity index (χ2n) is 3.96. The lowest BCUT2D eigenvalue weighted by atomic mass is 9.94. The third kappa shape index (κ3) is 1.15. The maximum atomic E-state index is 13.0. The number of alkyl halides is 2. The molecule has 0 amide bonds. The van der Waals surface area contributed by atoms with Gasteiger partial charge in [0.2, 0.25) is 0 Å². The first-order valence-corrected chi connectivity index (χ1v) is 4.22. The van der Waals surface area contributed by atoms with Gasteiger partial charge in [-0.2, -0.15) is 0 Å². The molecule has 3 heteroatoms. The van der Waals surface area contributed by atoms with E-state index in [0.717, 1.165) is 6.42 Å². The Kier molecular flexibility index (Phi) is 1.46. The van der Waals surface area contributed by atoms with Crippen molar-refractivity contribution in [2.75, 3.05) is 0 Å². The molecule has 0 spiro atoms. The number of nitrogens with one attached hydrogen (secondary N) is 1. The number of halogens is 2. The van der Waals surface area contributed by atoms with Crippen LogP contribution in [-0.4, -0.2) is 18.0 Å². The highest BCUT2D eigenvalue weighted by Crippen LogP contribution is 2.40. The van der Waals surface area contributed by atoms with Crippen LogP contribution in [0, 0.1) is 5.92 Å². The number of fused-ring (bicyclic) bond motifs is 2. The molecule has 0 aromatic rings. The predicted octanol–water partition coefficient (Wildman–Crippen LogP) is 1.78. The van der Waals surface area contributed by atoms with Gasteiger partial charge in [0.05, 0.1) is 6.04 Å².